The molecule has 0 bridgehead atoms. The molecule has 1 heterocycles. The van der Waals surface area contributed by atoms with Crippen molar-refractivity contribution in [2.45, 2.75) is 20.0 Å². The van der Waals surface area contributed by atoms with Gasteiger partial charge in [0.05, 0.1) is 41.5 Å². The summed E-state index contributed by atoms with van der Waals surface area (Å²) in [6.07, 6.45) is 4.07. The van der Waals surface area contributed by atoms with Crippen molar-refractivity contribution in [3.8, 4) is 17.6 Å². The number of ether oxygens (including phenoxy) is 3. The average Bonchev–Trinajstić information content (AvgIpc) is 3.24. The standard InChI is InChI=1S/C32H29N3O5S/c1-5-9-23-16-21(17-27(38-4)29(23)40-20-25-11-8-7-10-24(25)19-33)18-28-30(36)35(3)32(41-28)34-26-14-12-22(13-15-26)31(37)39-6-2/h5,7-8,10-18H,1,6,9,20H2,2-4H3. The molecule has 0 spiro atoms. The second kappa shape index (κ2) is 13.5. The molecule has 1 saturated heterocycles. The summed E-state index contributed by atoms with van der Waals surface area (Å²) in [5.41, 5.74) is 3.95. The van der Waals surface area contributed by atoms with Gasteiger partial charge in [0, 0.05) is 18.2 Å². The molecule has 0 aliphatic carbocycles. The predicted molar refractivity (Wildman–Crippen MR) is 160 cm³/mol. The Morgan fingerprint density at radius 3 is 2.59 bits per heavy atom. The van der Waals surface area contributed by atoms with Gasteiger partial charge in [-0.05, 0) is 79.2 Å². The minimum absolute atomic E-state index is 0.186. The number of amidine groups is 1. The van der Waals surface area contributed by atoms with Gasteiger partial charge in [0.25, 0.3) is 5.91 Å². The van der Waals surface area contributed by atoms with Gasteiger partial charge in [-0.2, -0.15) is 5.26 Å². The van der Waals surface area contributed by atoms with E-state index in [0.717, 1.165) is 16.7 Å². The van der Waals surface area contributed by atoms with Crippen LogP contribution in [-0.4, -0.2) is 42.7 Å². The molecule has 41 heavy (non-hydrogen) atoms. The Hall–Kier alpha value is -4.81. The lowest BCUT2D eigenvalue weighted by Crippen LogP contribution is -2.23. The molecule has 1 aliphatic rings. The summed E-state index contributed by atoms with van der Waals surface area (Å²) >= 11 is 1.26. The highest BCUT2D eigenvalue weighted by Crippen LogP contribution is 2.38. The lowest BCUT2D eigenvalue weighted by atomic mass is 10.0. The maximum Gasteiger partial charge on any atom is 0.338 e. The zero-order chi connectivity index (χ0) is 29.4. The Bertz CT molecular complexity index is 1570. The predicted octanol–water partition coefficient (Wildman–Crippen LogP) is 6.28. The molecular weight excluding hydrogens is 538 g/mol. The van der Waals surface area contributed by atoms with Gasteiger partial charge in [0.2, 0.25) is 0 Å². The van der Waals surface area contributed by atoms with E-state index < -0.39 is 5.97 Å². The van der Waals surface area contributed by atoms with E-state index in [1.54, 1.807) is 63.6 Å². The van der Waals surface area contributed by atoms with Crippen molar-refractivity contribution >= 4 is 40.6 Å². The SMILES string of the molecule is C=CCc1cc(C=C2SC(=Nc3ccc(C(=O)OCC)cc3)N(C)C2=O)cc(OC)c1OCc1ccccc1C#N. The zero-order valence-electron chi connectivity index (χ0n) is 23.0. The van der Waals surface area contributed by atoms with Crippen molar-refractivity contribution < 1.29 is 23.8 Å². The highest BCUT2D eigenvalue weighted by atomic mass is 32.2. The highest BCUT2D eigenvalue weighted by Gasteiger charge is 2.30. The van der Waals surface area contributed by atoms with Crippen molar-refractivity contribution in [3.05, 3.63) is 106 Å². The van der Waals surface area contributed by atoms with Crippen LogP contribution in [0.15, 0.2) is 83.2 Å². The summed E-state index contributed by atoms with van der Waals surface area (Å²) in [6, 6.07) is 19.9. The molecule has 0 aromatic heterocycles. The van der Waals surface area contributed by atoms with E-state index in [4.69, 9.17) is 14.2 Å². The number of carbonyl (C=O) groups is 2. The van der Waals surface area contributed by atoms with Gasteiger partial charge in [-0.25, -0.2) is 9.79 Å². The normalized spacial score (nSPS) is 14.7. The van der Waals surface area contributed by atoms with Gasteiger partial charge in [0.15, 0.2) is 16.7 Å². The Kier molecular flexibility index (Phi) is 9.61. The topological polar surface area (TPSA) is 101 Å². The number of hydrogen-bond acceptors (Lipinski definition) is 8. The number of aliphatic imine (C=N–C) groups is 1. The summed E-state index contributed by atoms with van der Waals surface area (Å²) in [5.74, 6) is 0.479. The van der Waals surface area contributed by atoms with E-state index in [0.29, 0.717) is 51.4 Å². The third kappa shape index (κ3) is 6.86. The number of rotatable bonds is 10. The Morgan fingerprint density at radius 1 is 1.15 bits per heavy atom. The molecule has 0 N–H and O–H groups in total. The first-order chi connectivity index (χ1) is 19.9. The molecule has 208 valence electrons. The van der Waals surface area contributed by atoms with E-state index in [2.05, 4.69) is 17.6 Å². The van der Waals surface area contributed by atoms with E-state index in [9.17, 15) is 14.9 Å². The largest absolute Gasteiger partial charge is 0.493 e. The maximum atomic E-state index is 13.1. The van der Waals surface area contributed by atoms with Crippen molar-refractivity contribution in [2.75, 3.05) is 20.8 Å². The Balaban J connectivity index is 1.59. The summed E-state index contributed by atoms with van der Waals surface area (Å²) in [4.78, 5) is 31.6. The number of amides is 1. The van der Waals surface area contributed by atoms with Crippen LogP contribution >= 0.6 is 11.8 Å². The van der Waals surface area contributed by atoms with Crippen LogP contribution in [0, 0.1) is 11.3 Å². The minimum Gasteiger partial charge on any atom is -0.493 e. The number of nitrogens with zero attached hydrogens (tertiary/aromatic N) is 3. The van der Waals surface area contributed by atoms with Crippen molar-refractivity contribution in [3.63, 3.8) is 0 Å². The lowest BCUT2D eigenvalue weighted by molar-refractivity contribution is -0.121. The zero-order valence-corrected chi connectivity index (χ0v) is 23.9. The monoisotopic (exact) mass is 567 g/mol. The Labute approximate surface area is 243 Å². The number of methoxy groups -OCH3 is 1. The molecule has 9 heteroatoms. The molecule has 1 fully saturated rings. The number of esters is 1. The van der Waals surface area contributed by atoms with Gasteiger partial charge < -0.3 is 14.2 Å². The number of carbonyl (C=O) groups excluding carboxylic acids is 2. The molecule has 4 rings (SSSR count). The van der Waals surface area contributed by atoms with E-state index in [-0.39, 0.29) is 12.5 Å². The first kappa shape index (κ1) is 29.2. The molecule has 0 saturated carbocycles. The first-order valence-corrected chi connectivity index (χ1v) is 13.7. The molecule has 8 nitrogen and oxygen atoms in total. The van der Waals surface area contributed by atoms with Gasteiger partial charge in [-0.3, -0.25) is 9.69 Å². The maximum absolute atomic E-state index is 13.1. The van der Waals surface area contributed by atoms with Crippen LogP contribution in [0.25, 0.3) is 6.08 Å². The smallest absolute Gasteiger partial charge is 0.338 e. The number of allylic oxidation sites excluding steroid dienone is 1. The number of benzene rings is 3. The second-order valence-electron chi connectivity index (χ2n) is 8.90. The van der Waals surface area contributed by atoms with Gasteiger partial charge in [0.1, 0.15) is 6.61 Å². The second-order valence-corrected chi connectivity index (χ2v) is 9.91. The lowest BCUT2D eigenvalue weighted by Gasteiger charge is -2.16. The fourth-order valence-corrected chi connectivity index (χ4v) is 5.08. The van der Waals surface area contributed by atoms with Gasteiger partial charge in [-0.15, -0.1) is 6.58 Å². The Morgan fingerprint density at radius 2 is 1.90 bits per heavy atom. The summed E-state index contributed by atoms with van der Waals surface area (Å²) in [5, 5.41) is 9.92. The van der Waals surface area contributed by atoms with Gasteiger partial charge >= 0.3 is 5.97 Å². The number of hydrogen-bond donors (Lipinski definition) is 0. The number of thioether (sulfide) groups is 1. The quantitative estimate of drug-likeness (QED) is 0.161. The molecule has 0 atom stereocenters. The first-order valence-electron chi connectivity index (χ1n) is 12.8. The van der Waals surface area contributed by atoms with E-state index >= 15 is 0 Å². The molecule has 1 aliphatic heterocycles. The van der Waals surface area contributed by atoms with Crippen LogP contribution in [0.4, 0.5) is 5.69 Å². The molecule has 3 aromatic carbocycles. The third-order valence-electron chi connectivity index (χ3n) is 6.15. The van der Waals surface area contributed by atoms with Crippen LogP contribution in [0.1, 0.15) is 39.5 Å². The van der Waals surface area contributed by atoms with Gasteiger partial charge in [-0.1, -0.05) is 24.3 Å². The fourth-order valence-electron chi connectivity index (χ4n) is 4.09. The van der Waals surface area contributed by atoms with Crippen molar-refractivity contribution in [2.24, 2.45) is 4.99 Å². The molecule has 1 amide bonds. The van der Waals surface area contributed by atoms with Crippen LogP contribution in [0.2, 0.25) is 0 Å². The summed E-state index contributed by atoms with van der Waals surface area (Å²) < 4.78 is 16.8. The average molecular weight is 568 g/mol. The van der Waals surface area contributed by atoms with Crippen LogP contribution in [-0.2, 0) is 22.6 Å². The minimum atomic E-state index is -0.394. The summed E-state index contributed by atoms with van der Waals surface area (Å²) in [6.45, 7) is 6.12. The number of likely N-dealkylation sites (N-methyl/N-ethyl adjacent to an activating group) is 1. The van der Waals surface area contributed by atoms with Crippen LogP contribution in [0.3, 0.4) is 0 Å². The molecule has 3 aromatic rings. The fraction of sp³-hybridized carbons (Fsp3) is 0.188. The highest BCUT2D eigenvalue weighted by molar-refractivity contribution is 8.18. The van der Waals surface area contributed by atoms with E-state index in [1.807, 2.05) is 30.3 Å². The van der Waals surface area contributed by atoms with Crippen LogP contribution in [0.5, 0.6) is 11.5 Å². The van der Waals surface area contributed by atoms with E-state index in [1.165, 1.54) is 16.7 Å². The third-order valence-corrected chi connectivity index (χ3v) is 7.21. The van der Waals surface area contributed by atoms with Crippen molar-refractivity contribution in [1.29, 1.82) is 5.26 Å². The molecule has 0 unspecified atom stereocenters. The molecular formula is C32H29N3O5S. The molecule has 0 radical (unpaired) electrons. The summed E-state index contributed by atoms with van der Waals surface area (Å²) in [7, 11) is 3.23. The number of nitriles is 1. The van der Waals surface area contributed by atoms with Crippen molar-refractivity contribution in [1.82, 2.24) is 4.90 Å². The van der Waals surface area contributed by atoms with Crippen LogP contribution < -0.4 is 9.47 Å².